The number of hydrogen-bond donors (Lipinski definition) is 2. The molecule has 1 unspecified atom stereocenters. The highest BCUT2D eigenvalue weighted by Crippen LogP contribution is 2.19. The number of ether oxygens (including phenoxy) is 1. The molecule has 0 fully saturated rings. The molecule has 1 aromatic heterocycles. The van der Waals surface area contributed by atoms with Crippen LogP contribution in [0.4, 0.5) is 5.82 Å². The monoisotopic (exact) mass is 281 g/mol. The van der Waals surface area contributed by atoms with Crippen molar-refractivity contribution in [2.45, 2.75) is 33.7 Å². The lowest BCUT2D eigenvalue weighted by Crippen LogP contribution is -2.32. The average Bonchev–Trinajstić information content (AvgIpc) is 2.33. The largest absolute Gasteiger partial charge is 0.389 e. The summed E-state index contributed by atoms with van der Waals surface area (Å²) in [6.07, 6.45) is 1.76. The smallest absolute Gasteiger partial charge is 0.136 e. The van der Waals surface area contributed by atoms with Crippen LogP contribution in [0.2, 0.25) is 0 Å². The molecular weight excluding hydrogens is 258 g/mol. The van der Waals surface area contributed by atoms with Crippen LogP contribution in [-0.4, -0.2) is 29.2 Å². The van der Waals surface area contributed by atoms with Gasteiger partial charge in [-0.3, -0.25) is 0 Å². The Morgan fingerprint density at radius 3 is 2.74 bits per heavy atom. The maximum atomic E-state index is 5.79. The first kappa shape index (κ1) is 15.9. The van der Waals surface area contributed by atoms with Gasteiger partial charge in [0.05, 0.1) is 18.2 Å². The van der Waals surface area contributed by atoms with Gasteiger partial charge in [0.2, 0.25) is 0 Å². The Morgan fingerprint density at radius 1 is 1.53 bits per heavy atom. The van der Waals surface area contributed by atoms with Crippen molar-refractivity contribution in [3.8, 4) is 0 Å². The van der Waals surface area contributed by atoms with Gasteiger partial charge in [0, 0.05) is 12.8 Å². The molecule has 1 aromatic rings. The zero-order valence-corrected chi connectivity index (χ0v) is 12.9. The first-order valence-corrected chi connectivity index (χ1v) is 6.97. The maximum absolute atomic E-state index is 5.79. The van der Waals surface area contributed by atoms with Gasteiger partial charge in [0.1, 0.15) is 10.8 Å². The van der Waals surface area contributed by atoms with Crippen molar-refractivity contribution in [3.05, 3.63) is 23.4 Å². The summed E-state index contributed by atoms with van der Waals surface area (Å²) in [7, 11) is 0. The lowest BCUT2D eigenvalue weighted by atomic mass is 10.0. The van der Waals surface area contributed by atoms with Gasteiger partial charge in [0.15, 0.2) is 0 Å². The molecule has 106 valence electrons. The Morgan fingerprint density at radius 2 is 2.21 bits per heavy atom. The number of rotatable bonds is 7. The predicted octanol–water partition coefficient (Wildman–Crippen LogP) is 2.50. The van der Waals surface area contributed by atoms with Crippen molar-refractivity contribution in [3.63, 3.8) is 0 Å². The highest BCUT2D eigenvalue weighted by molar-refractivity contribution is 7.80. The Hall–Kier alpha value is -1.20. The van der Waals surface area contributed by atoms with Crippen LogP contribution in [0.15, 0.2) is 12.3 Å². The summed E-state index contributed by atoms with van der Waals surface area (Å²) in [5.41, 5.74) is 7.64. The van der Waals surface area contributed by atoms with Crippen molar-refractivity contribution < 1.29 is 4.74 Å². The predicted molar refractivity (Wildman–Crippen MR) is 83.6 cm³/mol. The fourth-order valence-electron chi connectivity index (χ4n) is 1.80. The van der Waals surface area contributed by atoms with Crippen LogP contribution in [0, 0.1) is 12.8 Å². The third-order valence-corrected chi connectivity index (χ3v) is 3.24. The third-order valence-electron chi connectivity index (χ3n) is 3.03. The topological polar surface area (TPSA) is 60.2 Å². The van der Waals surface area contributed by atoms with Gasteiger partial charge in [-0.05, 0) is 31.4 Å². The highest BCUT2D eigenvalue weighted by Gasteiger charge is 2.17. The molecule has 19 heavy (non-hydrogen) atoms. The number of anilines is 1. The number of nitrogens with zero attached hydrogens (tertiary/aromatic N) is 1. The fraction of sp³-hybridized carbons (Fsp3) is 0.571. The molecule has 1 rings (SSSR count). The minimum absolute atomic E-state index is 0.183. The number of nitrogens with one attached hydrogen (secondary N) is 1. The van der Waals surface area contributed by atoms with Gasteiger partial charge in [-0.25, -0.2) is 4.98 Å². The van der Waals surface area contributed by atoms with E-state index in [1.165, 1.54) is 0 Å². The van der Waals surface area contributed by atoms with Crippen LogP contribution in [0.5, 0.6) is 0 Å². The minimum Gasteiger partial charge on any atom is -0.389 e. The summed E-state index contributed by atoms with van der Waals surface area (Å²) >= 11 is 5.11. The lowest BCUT2D eigenvalue weighted by Gasteiger charge is -2.24. The number of pyridine rings is 1. The Balaban J connectivity index is 2.96. The van der Waals surface area contributed by atoms with E-state index >= 15 is 0 Å². The Kier molecular flexibility index (Phi) is 6.18. The van der Waals surface area contributed by atoms with Crippen molar-refractivity contribution in [2.75, 3.05) is 18.5 Å². The molecule has 1 atom stereocenters. The number of hydrogen-bond acceptors (Lipinski definition) is 4. The molecule has 3 N–H and O–H groups in total. The van der Waals surface area contributed by atoms with E-state index in [1.807, 2.05) is 19.9 Å². The molecule has 0 aliphatic carbocycles. The highest BCUT2D eigenvalue weighted by atomic mass is 32.1. The molecule has 5 heteroatoms. The molecule has 4 nitrogen and oxygen atoms in total. The van der Waals surface area contributed by atoms with Crippen LogP contribution in [-0.2, 0) is 4.74 Å². The normalized spacial score (nSPS) is 12.5. The molecule has 0 amide bonds. The van der Waals surface area contributed by atoms with Crippen LogP contribution in [0.25, 0.3) is 0 Å². The summed E-state index contributed by atoms with van der Waals surface area (Å²) < 4.78 is 5.51. The summed E-state index contributed by atoms with van der Waals surface area (Å²) in [5, 5.41) is 3.40. The average molecular weight is 281 g/mol. The molecular formula is C14H23N3OS. The van der Waals surface area contributed by atoms with Gasteiger partial charge < -0.3 is 15.8 Å². The molecule has 0 saturated carbocycles. The number of aromatic nitrogens is 1. The minimum atomic E-state index is 0.183. The fourth-order valence-corrected chi connectivity index (χ4v) is 2.06. The summed E-state index contributed by atoms with van der Waals surface area (Å²) in [6, 6.07) is 2.09. The van der Waals surface area contributed by atoms with E-state index < -0.39 is 0 Å². The molecule has 0 aliphatic heterocycles. The van der Waals surface area contributed by atoms with Crippen molar-refractivity contribution >= 4 is 23.0 Å². The molecule has 0 aliphatic rings. The number of nitrogens with two attached hydrogens (primary N) is 1. The molecule has 1 heterocycles. The van der Waals surface area contributed by atoms with E-state index in [1.54, 1.807) is 6.20 Å². The van der Waals surface area contributed by atoms with E-state index in [0.29, 0.717) is 24.1 Å². The SMILES string of the molecule is CCOCC(Nc1nccc(C)c1C(N)=S)C(C)C. The van der Waals surface area contributed by atoms with Gasteiger partial charge in [-0.2, -0.15) is 0 Å². The first-order chi connectivity index (χ1) is 8.97. The van der Waals surface area contributed by atoms with Gasteiger partial charge in [-0.1, -0.05) is 26.1 Å². The molecule has 0 spiro atoms. The third kappa shape index (κ3) is 4.44. The Bertz CT molecular complexity index is 435. The quantitative estimate of drug-likeness (QED) is 0.752. The summed E-state index contributed by atoms with van der Waals surface area (Å²) in [4.78, 5) is 4.72. The first-order valence-electron chi connectivity index (χ1n) is 6.57. The van der Waals surface area contributed by atoms with Gasteiger partial charge in [0.25, 0.3) is 0 Å². The lowest BCUT2D eigenvalue weighted by molar-refractivity contribution is 0.126. The van der Waals surface area contributed by atoms with E-state index in [0.717, 1.165) is 16.9 Å². The van der Waals surface area contributed by atoms with Crippen LogP contribution in [0.3, 0.4) is 0 Å². The Labute approximate surface area is 120 Å². The van der Waals surface area contributed by atoms with E-state index in [4.69, 9.17) is 22.7 Å². The van der Waals surface area contributed by atoms with Crippen molar-refractivity contribution in [1.82, 2.24) is 4.98 Å². The standard InChI is InChI=1S/C14H23N3OS/c1-5-18-8-11(9(2)3)17-14-12(13(15)19)10(4)6-7-16-14/h6-7,9,11H,5,8H2,1-4H3,(H2,15,19)(H,16,17). The molecule has 0 radical (unpaired) electrons. The van der Waals surface area contributed by atoms with Crippen LogP contribution in [0.1, 0.15) is 31.9 Å². The van der Waals surface area contributed by atoms with Crippen LogP contribution < -0.4 is 11.1 Å². The summed E-state index contributed by atoms with van der Waals surface area (Å²) in [5.74, 6) is 1.17. The van der Waals surface area contributed by atoms with Gasteiger partial charge >= 0.3 is 0 Å². The zero-order valence-electron chi connectivity index (χ0n) is 12.1. The van der Waals surface area contributed by atoms with E-state index in [2.05, 4.69) is 24.1 Å². The molecule has 0 aromatic carbocycles. The van der Waals surface area contributed by atoms with Crippen LogP contribution >= 0.6 is 12.2 Å². The second-order valence-electron chi connectivity index (χ2n) is 4.87. The van der Waals surface area contributed by atoms with Gasteiger partial charge in [-0.15, -0.1) is 0 Å². The summed E-state index contributed by atoms with van der Waals surface area (Å²) in [6.45, 7) is 9.60. The van der Waals surface area contributed by atoms with E-state index in [-0.39, 0.29) is 6.04 Å². The van der Waals surface area contributed by atoms with Crippen molar-refractivity contribution in [2.24, 2.45) is 11.7 Å². The second-order valence-corrected chi connectivity index (χ2v) is 5.31. The maximum Gasteiger partial charge on any atom is 0.136 e. The second kappa shape index (κ2) is 7.40. The van der Waals surface area contributed by atoms with Crippen molar-refractivity contribution in [1.29, 1.82) is 0 Å². The zero-order chi connectivity index (χ0) is 14.4. The molecule has 0 saturated heterocycles. The molecule has 0 bridgehead atoms. The van der Waals surface area contributed by atoms with E-state index in [9.17, 15) is 0 Å². The number of aryl methyl sites for hydroxylation is 1. The number of thiocarbonyl (C=S) groups is 1.